The average molecular weight is 322 g/mol. The summed E-state index contributed by atoms with van der Waals surface area (Å²) in [4.78, 5) is 14.6. The smallest absolute Gasteiger partial charge is 0.136 e. The van der Waals surface area contributed by atoms with Crippen molar-refractivity contribution in [1.29, 1.82) is 0 Å². The molecule has 0 N–H and O–H groups in total. The molecule has 1 saturated carbocycles. The second-order valence-corrected chi connectivity index (χ2v) is 7.23. The predicted molar refractivity (Wildman–Crippen MR) is 93.3 cm³/mol. The molecular formula is C19H28ClNO. The molecule has 22 heavy (non-hydrogen) atoms. The van der Waals surface area contributed by atoms with Crippen LogP contribution in [0.2, 0.25) is 5.02 Å². The highest BCUT2D eigenvalue weighted by atomic mass is 35.5. The molecule has 3 heteroatoms. The van der Waals surface area contributed by atoms with Gasteiger partial charge in [-0.15, -0.1) is 0 Å². The summed E-state index contributed by atoms with van der Waals surface area (Å²) in [5.74, 6) is 0.668. The van der Waals surface area contributed by atoms with Crippen molar-refractivity contribution in [2.24, 2.45) is 5.92 Å². The summed E-state index contributed by atoms with van der Waals surface area (Å²) in [6, 6.07) is 8.18. The first-order valence-electron chi connectivity index (χ1n) is 8.46. The van der Waals surface area contributed by atoms with Crippen LogP contribution < -0.4 is 0 Å². The van der Waals surface area contributed by atoms with E-state index in [9.17, 15) is 4.79 Å². The first kappa shape index (κ1) is 17.5. The number of Topliss-reactive ketones (excluding diaryl/α,β-unsaturated/α-hetero) is 1. The van der Waals surface area contributed by atoms with Gasteiger partial charge in [0.25, 0.3) is 0 Å². The van der Waals surface area contributed by atoms with Crippen molar-refractivity contribution in [3.63, 3.8) is 0 Å². The minimum Gasteiger partial charge on any atom is -0.300 e. The van der Waals surface area contributed by atoms with Gasteiger partial charge in [-0.2, -0.15) is 0 Å². The highest BCUT2D eigenvalue weighted by Crippen LogP contribution is 2.43. The number of unbranched alkanes of at least 4 members (excludes halogenated alkanes) is 2. The van der Waals surface area contributed by atoms with E-state index >= 15 is 0 Å². The first-order valence-corrected chi connectivity index (χ1v) is 8.83. The van der Waals surface area contributed by atoms with Crippen molar-refractivity contribution in [3.8, 4) is 0 Å². The maximum Gasteiger partial charge on any atom is 0.136 e. The van der Waals surface area contributed by atoms with E-state index in [0.29, 0.717) is 12.2 Å². The third-order valence-corrected chi connectivity index (χ3v) is 5.47. The molecule has 0 aliphatic heterocycles. The van der Waals surface area contributed by atoms with Gasteiger partial charge >= 0.3 is 0 Å². The number of carbonyl (C=O) groups excluding carboxylic acids is 1. The molecular weight excluding hydrogens is 294 g/mol. The van der Waals surface area contributed by atoms with E-state index in [-0.39, 0.29) is 11.5 Å². The van der Waals surface area contributed by atoms with Crippen molar-refractivity contribution in [1.82, 2.24) is 4.90 Å². The van der Waals surface area contributed by atoms with E-state index in [4.69, 9.17) is 11.6 Å². The van der Waals surface area contributed by atoms with Crippen molar-refractivity contribution < 1.29 is 4.79 Å². The molecule has 1 aliphatic carbocycles. The Balaban J connectivity index is 2.23. The Bertz CT molecular complexity index is 497. The summed E-state index contributed by atoms with van der Waals surface area (Å²) in [5.41, 5.74) is 1.25. The molecule has 2 unspecified atom stereocenters. The normalized spacial score (nSPS) is 25.7. The predicted octanol–water partition coefficient (Wildman–Crippen LogP) is 5.05. The third kappa shape index (κ3) is 3.72. The lowest BCUT2D eigenvalue weighted by molar-refractivity contribution is -0.128. The monoisotopic (exact) mass is 321 g/mol. The minimum atomic E-state index is -0.0324. The standard InChI is InChI=1S/C19H28ClNO/c1-4-5-6-7-15-14-19(21(2)3,13-12-18(15)22)16-8-10-17(20)11-9-16/h8-11,15H,4-7,12-14H2,1-3H3. The molecule has 1 aromatic rings. The van der Waals surface area contributed by atoms with Crippen molar-refractivity contribution in [2.75, 3.05) is 14.1 Å². The molecule has 0 amide bonds. The highest BCUT2D eigenvalue weighted by molar-refractivity contribution is 6.30. The van der Waals surface area contributed by atoms with Crippen molar-refractivity contribution >= 4 is 17.4 Å². The number of carbonyl (C=O) groups is 1. The van der Waals surface area contributed by atoms with Crippen molar-refractivity contribution in [2.45, 2.75) is 57.4 Å². The SMILES string of the molecule is CCCCCC1CC(c2ccc(Cl)cc2)(N(C)C)CCC1=O. The number of benzene rings is 1. The van der Waals surface area contributed by atoms with E-state index in [1.807, 2.05) is 12.1 Å². The van der Waals surface area contributed by atoms with E-state index in [1.165, 1.54) is 18.4 Å². The average Bonchev–Trinajstić information content (AvgIpc) is 2.50. The number of rotatable bonds is 6. The molecule has 0 radical (unpaired) electrons. The molecule has 0 spiro atoms. The van der Waals surface area contributed by atoms with Gasteiger partial charge in [-0.05, 0) is 51.1 Å². The Morgan fingerprint density at radius 1 is 1.23 bits per heavy atom. The number of hydrogen-bond donors (Lipinski definition) is 0. The lowest BCUT2D eigenvalue weighted by Gasteiger charge is -2.46. The molecule has 1 aromatic carbocycles. The largest absolute Gasteiger partial charge is 0.300 e. The Morgan fingerprint density at radius 2 is 1.91 bits per heavy atom. The Morgan fingerprint density at radius 3 is 2.50 bits per heavy atom. The zero-order chi connectivity index (χ0) is 16.2. The van der Waals surface area contributed by atoms with Crippen LogP contribution in [0.4, 0.5) is 0 Å². The second-order valence-electron chi connectivity index (χ2n) is 6.80. The molecule has 1 fully saturated rings. The molecule has 0 aromatic heterocycles. The zero-order valence-electron chi connectivity index (χ0n) is 14.1. The molecule has 2 atom stereocenters. The molecule has 0 heterocycles. The maximum absolute atomic E-state index is 12.3. The Kier molecular flexibility index (Phi) is 6.05. The van der Waals surface area contributed by atoms with Crippen LogP contribution in [0, 0.1) is 5.92 Å². The lowest BCUT2D eigenvalue weighted by Crippen LogP contribution is -2.47. The first-order chi connectivity index (χ1) is 10.5. The number of hydrogen-bond acceptors (Lipinski definition) is 2. The van der Waals surface area contributed by atoms with E-state index in [1.54, 1.807) is 0 Å². The summed E-state index contributed by atoms with van der Waals surface area (Å²) < 4.78 is 0. The van der Waals surface area contributed by atoms with Crippen LogP contribution in [0.1, 0.15) is 57.4 Å². The van der Waals surface area contributed by atoms with Gasteiger partial charge in [0, 0.05) is 22.9 Å². The number of ketones is 1. The topological polar surface area (TPSA) is 20.3 Å². The summed E-state index contributed by atoms with van der Waals surface area (Å²) in [6.07, 6.45) is 7.16. The van der Waals surface area contributed by atoms with Crippen LogP contribution in [0.3, 0.4) is 0 Å². The maximum atomic E-state index is 12.3. The van der Waals surface area contributed by atoms with Gasteiger partial charge in [0.15, 0.2) is 0 Å². The molecule has 0 bridgehead atoms. The van der Waals surface area contributed by atoms with Crippen LogP contribution in [0.25, 0.3) is 0 Å². The Labute approximate surface area is 139 Å². The van der Waals surface area contributed by atoms with Gasteiger partial charge in [-0.3, -0.25) is 9.69 Å². The molecule has 0 saturated heterocycles. The fourth-order valence-electron chi connectivity index (χ4n) is 3.75. The van der Waals surface area contributed by atoms with E-state index in [2.05, 4.69) is 38.1 Å². The minimum absolute atomic E-state index is 0.0324. The van der Waals surface area contributed by atoms with Crippen LogP contribution in [-0.2, 0) is 10.3 Å². The number of halogens is 1. The number of nitrogens with zero attached hydrogens (tertiary/aromatic N) is 1. The molecule has 122 valence electrons. The second kappa shape index (κ2) is 7.61. The summed E-state index contributed by atoms with van der Waals surface area (Å²) in [6.45, 7) is 2.21. The van der Waals surface area contributed by atoms with Gasteiger partial charge in [0.2, 0.25) is 0 Å². The molecule has 1 aliphatic rings. The highest BCUT2D eigenvalue weighted by Gasteiger charge is 2.42. The van der Waals surface area contributed by atoms with Gasteiger partial charge < -0.3 is 0 Å². The fourth-order valence-corrected chi connectivity index (χ4v) is 3.87. The van der Waals surface area contributed by atoms with Crippen LogP contribution in [-0.4, -0.2) is 24.8 Å². The van der Waals surface area contributed by atoms with Gasteiger partial charge in [-0.1, -0.05) is 49.9 Å². The quantitative estimate of drug-likeness (QED) is 0.684. The van der Waals surface area contributed by atoms with E-state index < -0.39 is 0 Å². The summed E-state index contributed by atoms with van der Waals surface area (Å²) >= 11 is 6.04. The van der Waals surface area contributed by atoms with Gasteiger partial charge in [0.05, 0.1) is 0 Å². The molecule has 2 rings (SSSR count). The Hall–Kier alpha value is -0.860. The lowest BCUT2D eigenvalue weighted by atomic mass is 9.69. The van der Waals surface area contributed by atoms with E-state index in [0.717, 1.165) is 30.7 Å². The van der Waals surface area contributed by atoms with Crippen LogP contribution in [0.5, 0.6) is 0 Å². The molecule has 2 nitrogen and oxygen atoms in total. The third-order valence-electron chi connectivity index (χ3n) is 5.22. The van der Waals surface area contributed by atoms with Crippen molar-refractivity contribution in [3.05, 3.63) is 34.9 Å². The summed E-state index contributed by atoms with van der Waals surface area (Å²) in [7, 11) is 4.26. The zero-order valence-corrected chi connectivity index (χ0v) is 14.8. The van der Waals surface area contributed by atoms with Crippen LogP contribution in [0.15, 0.2) is 24.3 Å². The van der Waals surface area contributed by atoms with Gasteiger partial charge in [0.1, 0.15) is 5.78 Å². The fraction of sp³-hybridized carbons (Fsp3) is 0.632. The summed E-state index contributed by atoms with van der Waals surface area (Å²) in [5, 5.41) is 0.768. The van der Waals surface area contributed by atoms with Crippen LogP contribution >= 0.6 is 11.6 Å². The van der Waals surface area contributed by atoms with Gasteiger partial charge in [-0.25, -0.2) is 0 Å².